The first-order chi connectivity index (χ1) is 12.9. The summed E-state index contributed by atoms with van der Waals surface area (Å²) in [6.45, 7) is 6.18. The summed E-state index contributed by atoms with van der Waals surface area (Å²) < 4.78 is 52.7. The number of fused-ring (bicyclic) bond motifs is 1. The van der Waals surface area contributed by atoms with E-state index in [1.54, 1.807) is 12.1 Å². The molecule has 148 valence electrons. The van der Waals surface area contributed by atoms with Crippen LogP contribution in [-0.2, 0) is 6.42 Å². The van der Waals surface area contributed by atoms with E-state index < -0.39 is 31.3 Å². The topological polar surface area (TPSA) is 26.0 Å². The molecular weight excluding hydrogens is 518 g/mol. The normalized spacial score (nSPS) is 12.0. The third kappa shape index (κ3) is 5.28. The Labute approximate surface area is 179 Å². The monoisotopic (exact) mass is 533 g/mol. The quantitative estimate of drug-likeness (QED) is 0.129. The lowest BCUT2D eigenvalue weighted by Crippen LogP contribution is -2.16. The van der Waals surface area contributed by atoms with Crippen molar-refractivity contribution in [2.75, 3.05) is 5.73 Å². The molecule has 0 spiro atoms. The molecule has 28 heavy (non-hydrogen) atoms. The van der Waals surface area contributed by atoms with Gasteiger partial charge < -0.3 is 5.73 Å². The van der Waals surface area contributed by atoms with E-state index in [0.29, 0.717) is 17.5 Å². The first kappa shape index (κ1) is 22.7. The van der Waals surface area contributed by atoms with Gasteiger partial charge in [-0.25, -0.2) is 17.6 Å². The fourth-order valence-electron chi connectivity index (χ4n) is 2.28. The summed E-state index contributed by atoms with van der Waals surface area (Å²) in [5.41, 5.74) is 9.83. The molecule has 8 heteroatoms. The summed E-state index contributed by atoms with van der Waals surface area (Å²) in [7, 11) is -1.56. The zero-order valence-corrected chi connectivity index (χ0v) is 19.5. The van der Waals surface area contributed by atoms with E-state index in [-0.39, 0.29) is 14.6 Å². The standard InChI is InChI=1S/C11H12BrF2NSi.C9H5BrF2/c1-16(2,3)5-4-7-6-8(12)9(13)10(14)11(7)15;10-7-4-5-2-1-3-6(5)8(11)9(7)12/h6H,15H2,1-3H3;1-2,4H,3H2. The minimum Gasteiger partial charge on any atom is -0.395 e. The van der Waals surface area contributed by atoms with Crippen LogP contribution in [0.15, 0.2) is 27.2 Å². The molecule has 0 amide bonds. The van der Waals surface area contributed by atoms with Gasteiger partial charge in [0.2, 0.25) is 0 Å². The number of nitrogens with two attached hydrogens (primary N) is 1. The van der Waals surface area contributed by atoms with Crippen molar-refractivity contribution in [2.45, 2.75) is 26.1 Å². The van der Waals surface area contributed by atoms with Gasteiger partial charge in [0.15, 0.2) is 23.3 Å². The average molecular weight is 535 g/mol. The number of anilines is 1. The van der Waals surface area contributed by atoms with E-state index in [9.17, 15) is 17.6 Å². The Balaban J connectivity index is 0.000000207. The van der Waals surface area contributed by atoms with Crippen LogP contribution in [0.3, 0.4) is 0 Å². The lowest BCUT2D eigenvalue weighted by molar-refractivity contribution is 0.497. The molecule has 0 saturated heterocycles. The molecule has 0 fully saturated rings. The van der Waals surface area contributed by atoms with Gasteiger partial charge in [-0.3, -0.25) is 0 Å². The second kappa shape index (κ2) is 8.85. The highest BCUT2D eigenvalue weighted by molar-refractivity contribution is 9.10. The van der Waals surface area contributed by atoms with E-state index in [2.05, 4.69) is 63.0 Å². The molecule has 1 nitrogen and oxygen atoms in total. The first-order valence-electron chi connectivity index (χ1n) is 8.21. The molecule has 0 heterocycles. The van der Waals surface area contributed by atoms with Crippen LogP contribution in [-0.4, -0.2) is 8.07 Å². The largest absolute Gasteiger partial charge is 0.395 e. The van der Waals surface area contributed by atoms with Crippen LogP contribution in [0, 0.1) is 34.7 Å². The molecule has 0 aromatic heterocycles. The summed E-state index contributed by atoms with van der Waals surface area (Å²) in [5.74, 6) is -0.737. The minimum atomic E-state index is -1.56. The van der Waals surface area contributed by atoms with Crippen molar-refractivity contribution >= 4 is 51.7 Å². The van der Waals surface area contributed by atoms with Gasteiger partial charge in [0.25, 0.3) is 0 Å². The van der Waals surface area contributed by atoms with Gasteiger partial charge in [-0.1, -0.05) is 37.7 Å². The Hall–Kier alpha value is -1.56. The number of hydrogen-bond donors (Lipinski definition) is 1. The van der Waals surface area contributed by atoms with Crippen molar-refractivity contribution < 1.29 is 17.6 Å². The Bertz CT molecular complexity index is 1020. The summed E-state index contributed by atoms with van der Waals surface area (Å²) in [4.78, 5) is 0. The molecule has 0 unspecified atom stereocenters. The number of halogens is 6. The molecular formula is C20H17Br2F4NSi. The molecule has 1 aliphatic carbocycles. The highest BCUT2D eigenvalue weighted by Crippen LogP contribution is 2.29. The molecule has 2 N–H and O–H groups in total. The van der Waals surface area contributed by atoms with Crippen molar-refractivity contribution in [2.24, 2.45) is 0 Å². The maximum atomic E-state index is 13.3. The van der Waals surface area contributed by atoms with E-state index in [4.69, 9.17) is 5.73 Å². The summed E-state index contributed by atoms with van der Waals surface area (Å²) in [5, 5.41) is 0. The maximum absolute atomic E-state index is 13.3. The second-order valence-corrected chi connectivity index (χ2v) is 13.6. The maximum Gasteiger partial charge on any atom is 0.184 e. The van der Waals surface area contributed by atoms with Crippen molar-refractivity contribution in [3.8, 4) is 11.5 Å². The van der Waals surface area contributed by atoms with Gasteiger partial charge in [0.05, 0.1) is 20.2 Å². The third-order valence-corrected chi connectivity index (χ3v) is 5.72. The van der Waals surface area contributed by atoms with Gasteiger partial charge in [-0.05, 0) is 56.0 Å². The second-order valence-electron chi connectivity index (χ2n) is 7.11. The molecule has 0 atom stereocenters. The van der Waals surface area contributed by atoms with Gasteiger partial charge in [-0.15, -0.1) is 5.54 Å². The van der Waals surface area contributed by atoms with E-state index in [0.717, 1.165) is 5.56 Å². The lowest BCUT2D eigenvalue weighted by Gasteiger charge is -2.06. The Morgan fingerprint density at radius 2 is 1.50 bits per heavy atom. The van der Waals surface area contributed by atoms with Crippen LogP contribution in [0.1, 0.15) is 16.7 Å². The molecule has 3 rings (SSSR count). The smallest absolute Gasteiger partial charge is 0.184 e. The Morgan fingerprint density at radius 3 is 2.11 bits per heavy atom. The van der Waals surface area contributed by atoms with Crippen LogP contribution in [0.4, 0.5) is 23.2 Å². The van der Waals surface area contributed by atoms with E-state index in [1.165, 1.54) is 6.07 Å². The van der Waals surface area contributed by atoms with Crippen LogP contribution in [0.2, 0.25) is 19.6 Å². The van der Waals surface area contributed by atoms with Crippen molar-refractivity contribution in [1.29, 1.82) is 0 Å². The fraction of sp³-hybridized carbons (Fsp3) is 0.200. The van der Waals surface area contributed by atoms with Gasteiger partial charge in [0.1, 0.15) is 8.07 Å². The number of rotatable bonds is 0. The molecule has 0 saturated carbocycles. The number of allylic oxidation sites excluding steroid dienone is 1. The van der Waals surface area contributed by atoms with Gasteiger partial charge in [0, 0.05) is 5.56 Å². The highest BCUT2D eigenvalue weighted by atomic mass is 79.9. The van der Waals surface area contributed by atoms with Crippen molar-refractivity contribution in [3.05, 3.63) is 67.1 Å². The Kier molecular flexibility index (Phi) is 7.18. The van der Waals surface area contributed by atoms with Crippen LogP contribution < -0.4 is 5.73 Å². The zero-order chi connectivity index (χ0) is 21.2. The summed E-state index contributed by atoms with van der Waals surface area (Å²) >= 11 is 5.88. The first-order valence-corrected chi connectivity index (χ1v) is 13.3. The van der Waals surface area contributed by atoms with Gasteiger partial charge in [-0.2, -0.15) is 0 Å². The predicted octanol–water partition coefficient (Wildman–Crippen LogP) is 6.84. The number of benzene rings is 2. The fourth-order valence-corrected chi connectivity index (χ4v) is 3.61. The van der Waals surface area contributed by atoms with Crippen LogP contribution >= 0.6 is 31.9 Å². The summed E-state index contributed by atoms with van der Waals surface area (Å²) in [6, 6.07) is 3.00. The number of nitrogen functional groups attached to an aromatic ring is 1. The average Bonchev–Trinajstić information content (AvgIpc) is 3.08. The molecule has 1 aliphatic rings. The molecule has 2 aromatic carbocycles. The Morgan fingerprint density at radius 1 is 0.929 bits per heavy atom. The number of hydrogen-bond acceptors (Lipinski definition) is 1. The highest BCUT2D eigenvalue weighted by Gasteiger charge is 2.17. The third-order valence-electron chi connectivity index (χ3n) is 3.69. The summed E-state index contributed by atoms with van der Waals surface area (Å²) in [6.07, 6.45) is 4.10. The zero-order valence-electron chi connectivity index (χ0n) is 15.4. The van der Waals surface area contributed by atoms with Crippen LogP contribution in [0.5, 0.6) is 0 Å². The van der Waals surface area contributed by atoms with E-state index >= 15 is 0 Å². The minimum absolute atomic E-state index is 0.0408. The van der Waals surface area contributed by atoms with Crippen molar-refractivity contribution in [1.82, 2.24) is 0 Å². The molecule has 0 bridgehead atoms. The van der Waals surface area contributed by atoms with E-state index in [1.807, 2.05) is 6.08 Å². The van der Waals surface area contributed by atoms with Gasteiger partial charge >= 0.3 is 0 Å². The molecule has 0 aliphatic heterocycles. The van der Waals surface area contributed by atoms with Crippen LogP contribution in [0.25, 0.3) is 6.08 Å². The lowest BCUT2D eigenvalue weighted by atomic mass is 10.1. The molecule has 2 aromatic rings. The van der Waals surface area contributed by atoms with Crippen molar-refractivity contribution in [3.63, 3.8) is 0 Å². The predicted molar refractivity (Wildman–Crippen MR) is 115 cm³/mol. The molecule has 0 radical (unpaired) electrons. The SMILES string of the molecule is C[Si](C)(C)C#Cc1cc(Br)c(F)c(F)c1N.Fc1c(Br)cc2c(c1F)CC=C2.